The van der Waals surface area contributed by atoms with Crippen LogP contribution in [0.1, 0.15) is 57.8 Å². The highest BCUT2D eigenvalue weighted by Crippen LogP contribution is 2.24. The molecule has 0 spiro atoms. The van der Waals surface area contributed by atoms with Crippen LogP contribution in [0.25, 0.3) is 0 Å². The molecule has 0 saturated heterocycles. The summed E-state index contributed by atoms with van der Waals surface area (Å²) in [6.07, 6.45) is 0.813. The number of ether oxygens (including phenoxy) is 1. The van der Waals surface area contributed by atoms with E-state index >= 15 is 0 Å². The van der Waals surface area contributed by atoms with Crippen molar-refractivity contribution in [3.63, 3.8) is 0 Å². The molecule has 5 nitrogen and oxygen atoms in total. The van der Waals surface area contributed by atoms with Gasteiger partial charge in [-0.25, -0.2) is 0 Å². The van der Waals surface area contributed by atoms with Crippen LogP contribution in [0, 0.1) is 20.8 Å². The van der Waals surface area contributed by atoms with Gasteiger partial charge < -0.3 is 10.1 Å². The van der Waals surface area contributed by atoms with Gasteiger partial charge in [-0.05, 0) is 68.1 Å². The Hall–Kier alpha value is -3.08. The van der Waals surface area contributed by atoms with Crippen LogP contribution < -0.4 is 10.1 Å². The zero-order chi connectivity index (χ0) is 21.0. The third kappa shape index (κ3) is 4.86. The zero-order valence-corrected chi connectivity index (χ0v) is 17.8. The SMILES string of the molecule is CCC(NC(=O)c1ccc(Cn2nc(C)cc2C)cc1)c1ccc(OC)c(C)c1. The van der Waals surface area contributed by atoms with Crippen molar-refractivity contribution in [1.29, 1.82) is 0 Å². The van der Waals surface area contributed by atoms with Crippen molar-refractivity contribution in [2.75, 3.05) is 7.11 Å². The van der Waals surface area contributed by atoms with Gasteiger partial charge >= 0.3 is 0 Å². The number of amides is 1. The monoisotopic (exact) mass is 391 g/mol. The Balaban J connectivity index is 1.69. The van der Waals surface area contributed by atoms with E-state index in [9.17, 15) is 4.79 Å². The first kappa shape index (κ1) is 20.6. The van der Waals surface area contributed by atoms with Crippen molar-refractivity contribution in [1.82, 2.24) is 15.1 Å². The molecule has 2 aromatic carbocycles. The lowest BCUT2D eigenvalue weighted by atomic mass is 10.0. The maximum Gasteiger partial charge on any atom is 0.251 e. The van der Waals surface area contributed by atoms with Gasteiger partial charge in [0.05, 0.1) is 25.4 Å². The Morgan fingerprint density at radius 2 is 1.83 bits per heavy atom. The number of rotatable bonds is 7. The van der Waals surface area contributed by atoms with Crippen molar-refractivity contribution >= 4 is 5.91 Å². The van der Waals surface area contributed by atoms with Gasteiger partial charge in [0.15, 0.2) is 0 Å². The van der Waals surface area contributed by atoms with E-state index in [1.54, 1.807) is 7.11 Å². The molecule has 0 radical (unpaired) electrons. The van der Waals surface area contributed by atoms with Gasteiger partial charge in [0, 0.05) is 11.3 Å². The molecule has 152 valence electrons. The van der Waals surface area contributed by atoms with Crippen LogP contribution in [0.2, 0.25) is 0 Å². The summed E-state index contributed by atoms with van der Waals surface area (Å²) in [6, 6.07) is 15.8. The summed E-state index contributed by atoms with van der Waals surface area (Å²) in [5.74, 6) is 0.788. The van der Waals surface area contributed by atoms with Gasteiger partial charge in [0.1, 0.15) is 5.75 Å². The summed E-state index contributed by atoms with van der Waals surface area (Å²) in [5.41, 5.74) is 6.06. The van der Waals surface area contributed by atoms with E-state index in [1.165, 1.54) is 0 Å². The topological polar surface area (TPSA) is 56.2 Å². The van der Waals surface area contributed by atoms with Crippen LogP contribution in [0.5, 0.6) is 5.75 Å². The molecule has 3 rings (SSSR count). The maximum absolute atomic E-state index is 12.8. The van der Waals surface area contributed by atoms with Gasteiger partial charge in [-0.3, -0.25) is 9.48 Å². The van der Waals surface area contributed by atoms with Crippen molar-refractivity contribution in [2.24, 2.45) is 0 Å². The lowest BCUT2D eigenvalue weighted by Gasteiger charge is -2.19. The van der Waals surface area contributed by atoms with Crippen molar-refractivity contribution < 1.29 is 9.53 Å². The summed E-state index contributed by atoms with van der Waals surface area (Å²) >= 11 is 0. The second kappa shape index (κ2) is 8.95. The number of benzene rings is 2. The van der Waals surface area contributed by atoms with Crippen molar-refractivity contribution in [2.45, 2.75) is 46.7 Å². The van der Waals surface area contributed by atoms with E-state index in [1.807, 2.05) is 61.9 Å². The Labute approximate surface area is 172 Å². The minimum Gasteiger partial charge on any atom is -0.496 e. The number of aryl methyl sites for hydroxylation is 3. The third-order valence-electron chi connectivity index (χ3n) is 5.19. The Morgan fingerprint density at radius 1 is 1.10 bits per heavy atom. The lowest BCUT2D eigenvalue weighted by Crippen LogP contribution is -2.28. The molecular weight excluding hydrogens is 362 g/mol. The second-order valence-electron chi connectivity index (χ2n) is 7.45. The Morgan fingerprint density at radius 3 is 2.38 bits per heavy atom. The molecule has 1 unspecified atom stereocenters. The Bertz CT molecular complexity index is 990. The van der Waals surface area contributed by atoms with Crippen LogP contribution in [-0.4, -0.2) is 22.8 Å². The summed E-state index contributed by atoms with van der Waals surface area (Å²) < 4.78 is 7.31. The fourth-order valence-electron chi connectivity index (χ4n) is 3.55. The highest BCUT2D eigenvalue weighted by atomic mass is 16.5. The molecular formula is C24H29N3O2. The number of carbonyl (C=O) groups is 1. The molecule has 5 heteroatoms. The van der Waals surface area contributed by atoms with E-state index < -0.39 is 0 Å². The van der Waals surface area contributed by atoms with E-state index in [-0.39, 0.29) is 11.9 Å². The number of methoxy groups -OCH3 is 1. The molecule has 1 amide bonds. The smallest absolute Gasteiger partial charge is 0.251 e. The van der Waals surface area contributed by atoms with E-state index in [0.29, 0.717) is 12.1 Å². The summed E-state index contributed by atoms with van der Waals surface area (Å²) in [7, 11) is 1.67. The number of carbonyl (C=O) groups excluding carboxylic acids is 1. The van der Waals surface area contributed by atoms with Crippen LogP contribution in [-0.2, 0) is 6.54 Å². The fourth-order valence-corrected chi connectivity index (χ4v) is 3.55. The number of aromatic nitrogens is 2. The van der Waals surface area contributed by atoms with E-state index in [0.717, 1.165) is 40.2 Å². The highest BCUT2D eigenvalue weighted by molar-refractivity contribution is 5.94. The summed E-state index contributed by atoms with van der Waals surface area (Å²) in [4.78, 5) is 12.8. The molecule has 1 atom stereocenters. The lowest BCUT2D eigenvalue weighted by molar-refractivity contribution is 0.0935. The van der Waals surface area contributed by atoms with Gasteiger partial charge in [-0.2, -0.15) is 5.10 Å². The van der Waals surface area contributed by atoms with E-state index in [4.69, 9.17) is 4.74 Å². The average Bonchev–Trinajstić information content (AvgIpc) is 3.03. The first-order valence-electron chi connectivity index (χ1n) is 9.96. The molecule has 0 aliphatic carbocycles. The first-order valence-corrected chi connectivity index (χ1v) is 9.96. The normalized spacial score (nSPS) is 11.9. The van der Waals surface area contributed by atoms with Crippen LogP contribution in [0.15, 0.2) is 48.5 Å². The molecule has 0 bridgehead atoms. The number of hydrogen-bond donors (Lipinski definition) is 1. The fraction of sp³-hybridized carbons (Fsp3) is 0.333. The minimum absolute atomic E-state index is 0.0403. The number of nitrogens with zero attached hydrogens (tertiary/aromatic N) is 2. The Kier molecular flexibility index (Phi) is 6.37. The standard InChI is InChI=1S/C24H29N3O2/c1-6-22(21-11-12-23(29-5)16(2)13-21)25-24(28)20-9-7-19(8-10-20)15-27-18(4)14-17(3)26-27/h7-14,22H,6,15H2,1-5H3,(H,25,28). The van der Waals surface area contributed by atoms with Crippen LogP contribution in [0.4, 0.5) is 0 Å². The maximum atomic E-state index is 12.8. The van der Waals surface area contributed by atoms with Gasteiger partial charge in [0.2, 0.25) is 0 Å². The van der Waals surface area contributed by atoms with Crippen LogP contribution in [0.3, 0.4) is 0 Å². The predicted octanol–water partition coefficient (Wildman–Crippen LogP) is 4.75. The molecule has 1 heterocycles. The first-order chi connectivity index (χ1) is 13.9. The van der Waals surface area contributed by atoms with Gasteiger partial charge in [-0.15, -0.1) is 0 Å². The average molecular weight is 392 g/mol. The van der Waals surface area contributed by atoms with Crippen LogP contribution >= 0.6 is 0 Å². The van der Waals surface area contributed by atoms with Gasteiger partial charge in [-0.1, -0.05) is 31.2 Å². The number of hydrogen-bond acceptors (Lipinski definition) is 3. The minimum atomic E-state index is -0.0667. The largest absolute Gasteiger partial charge is 0.496 e. The molecule has 3 aromatic rings. The quantitative estimate of drug-likeness (QED) is 0.632. The second-order valence-corrected chi connectivity index (χ2v) is 7.45. The predicted molar refractivity (Wildman–Crippen MR) is 115 cm³/mol. The van der Waals surface area contributed by atoms with Crippen molar-refractivity contribution in [3.05, 3.63) is 82.2 Å². The number of nitrogens with one attached hydrogen (secondary N) is 1. The molecule has 29 heavy (non-hydrogen) atoms. The molecule has 0 fully saturated rings. The summed E-state index contributed by atoms with van der Waals surface area (Å²) in [5, 5.41) is 7.64. The third-order valence-corrected chi connectivity index (χ3v) is 5.19. The van der Waals surface area contributed by atoms with Gasteiger partial charge in [0.25, 0.3) is 5.91 Å². The molecule has 1 N–H and O–H groups in total. The molecule has 0 saturated carbocycles. The molecule has 1 aromatic heterocycles. The zero-order valence-electron chi connectivity index (χ0n) is 17.8. The highest BCUT2D eigenvalue weighted by Gasteiger charge is 2.15. The van der Waals surface area contributed by atoms with E-state index in [2.05, 4.69) is 29.5 Å². The van der Waals surface area contributed by atoms with Crippen molar-refractivity contribution in [3.8, 4) is 5.75 Å². The summed E-state index contributed by atoms with van der Waals surface area (Å²) in [6.45, 7) is 8.82. The molecule has 0 aliphatic heterocycles. The molecule has 0 aliphatic rings.